The van der Waals surface area contributed by atoms with Crippen LogP contribution in [-0.4, -0.2) is 41.7 Å². The summed E-state index contributed by atoms with van der Waals surface area (Å²) in [6, 6.07) is 11.8. The Hall–Kier alpha value is -3.06. The van der Waals surface area contributed by atoms with Gasteiger partial charge in [-0.15, -0.1) is 0 Å². The van der Waals surface area contributed by atoms with Gasteiger partial charge in [0.25, 0.3) is 0 Å². The van der Waals surface area contributed by atoms with Gasteiger partial charge in [0.15, 0.2) is 5.84 Å². The van der Waals surface area contributed by atoms with Crippen LogP contribution in [0.25, 0.3) is 0 Å². The molecule has 0 saturated carbocycles. The maximum atomic E-state index is 12.3. The van der Waals surface area contributed by atoms with Gasteiger partial charge in [-0.25, -0.2) is 0 Å². The molecule has 1 atom stereocenters. The lowest BCUT2D eigenvalue weighted by Crippen LogP contribution is -2.41. The molecule has 152 valence electrons. The summed E-state index contributed by atoms with van der Waals surface area (Å²) in [5, 5.41) is 17.5. The van der Waals surface area contributed by atoms with Gasteiger partial charge in [0.2, 0.25) is 5.91 Å². The number of nitrogens with zero attached hydrogens (tertiary/aromatic N) is 3. The summed E-state index contributed by atoms with van der Waals surface area (Å²) in [5.41, 5.74) is 2.99. The number of carbonyl (C=O) groups excluding carboxylic acids is 1. The third-order valence-corrected chi connectivity index (χ3v) is 4.96. The number of nitrogens with two attached hydrogens (primary N) is 1. The number of likely N-dealkylation sites (N-methyl/N-ethyl adjacent to an activating group) is 1. The zero-order valence-corrected chi connectivity index (χ0v) is 17.1. The molecular weight excluding hydrogens is 390 g/mol. The average Bonchev–Trinajstić information content (AvgIpc) is 2.82. The van der Waals surface area contributed by atoms with Crippen LogP contribution in [0.3, 0.4) is 0 Å². The Morgan fingerprint density at radius 3 is 2.62 bits per heavy atom. The fourth-order valence-corrected chi connectivity index (χ4v) is 3.57. The first-order valence-corrected chi connectivity index (χ1v) is 9.85. The molecule has 4 N–H and O–H groups in total. The molecule has 0 aromatic heterocycles. The Morgan fingerprint density at radius 2 is 2.00 bits per heavy atom. The molecule has 0 unspecified atom stereocenters. The molecule has 29 heavy (non-hydrogen) atoms. The Balaban J connectivity index is 2.22. The van der Waals surface area contributed by atoms with Gasteiger partial charge >= 0.3 is 0 Å². The van der Waals surface area contributed by atoms with Crippen LogP contribution in [0.4, 0.5) is 5.69 Å². The summed E-state index contributed by atoms with van der Waals surface area (Å²) in [5.74, 6) is 6.23. The lowest BCUT2D eigenvalue weighted by Gasteiger charge is -2.26. The number of hydrazone groups is 1. The molecule has 0 saturated heterocycles. The first kappa shape index (κ1) is 20.7. The first-order chi connectivity index (χ1) is 14.0. The van der Waals surface area contributed by atoms with Crippen molar-refractivity contribution in [3.8, 4) is 5.75 Å². The number of rotatable bonds is 5. The Kier molecular flexibility index (Phi) is 6.39. The number of aliphatic imine (C=N–C) groups is 1. The van der Waals surface area contributed by atoms with Crippen molar-refractivity contribution in [3.63, 3.8) is 0 Å². The molecule has 1 amide bonds. The number of halogens is 1. The summed E-state index contributed by atoms with van der Waals surface area (Å²) < 4.78 is 0. The molecule has 1 aliphatic rings. The number of anilines is 1. The normalized spacial score (nSPS) is 17.5. The van der Waals surface area contributed by atoms with Crippen LogP contribution in [0.2, 0.25) is 5.02 Å². The number of benzene rings is 2. The van der Waals surface area contributed by atoms with Gasteiger partial charge in [0.05, 0.1) is 17.8 Å². The topological polar surface area (TPSA) is 103 Å². The molecule has 1 heterocycles. The molecule has 0 aliphatic carbocycles. The molecular formula is C21H24ClN5O2. The summed E-state index contributed by atoms with van der Waals surface area (Å²) >= 11 is 6.06. The van der Waals surface area contributed by atoms with E-state index in [1.165, 1.54) is 0 Å². The Bertz CT molecular complexity index is 956. The highest BCUT2D eigenvalue weighted by molar-refractivity contribution is 6.31. The van der Waals surface area contributed by atoms with Crippen LogP contribution >= 0.6 is 11.6 Å². The van der Waals surface area contributed by atoms with Crippen LogP contribution in [0.1, 0.15) is 31.4 Å². The molecule has 0 fully saturated rings. The van der Waals surface area contributed by atoms with Gasteiger partial charge in [-0.3, -0.25) is 9.79 Å². The number of phenolic OH excluding ortho intramolecular Hbond substituents is 1. The fraction of sp³-hybridized carbons (Fsp3) is 0.286. The monoisotopic (exact) mass is 413 g/mol. The largest absolute Gasteiger partial charge is 0.508 e. The number of amidine groups is 1. The van der Waals surface area contributed by atoms with E-state index in [0.717, 1.165) is 16.8 Å². The zero-order chi connectivity index (χ0) is 21.0. The van der Waals surface area contributed by atoms with Crippen molar-refractivity contribution in [2.45, 2.75) is 26.3 Å². The van der Waals surface area contributed by atoms with Gasteiger partial charge in [0, 0.05) is 29.2 Å². The zero-order valence-electron chi connectivity index (χ0n) is 16.4. The molecule has 0 radical (unpaired) electrons. The maximum Gasteiger partial charge on any atom is 0.222 e. The van der Waals surface area contributed by atoms with Gasteiger partial charge in [-0.2, -0.15) is 5.10 Å². The predicted octanol–water partition coefficient (Wildman–Crippen LogP) is 2.89. The number of benzodiazepines with no additional fused rings is 1. The summed E-state index contributed by atoms with van der Waals surface area (Å²) in [6.45, 7) is 4.93. The van der Waals surface area contributed by atoms with E-state index < -0.39 is 6.04 Å². The Labute approximate surface area is 174 Å². The molecule has 0 bridgehead atoms. The van der Waals surface area contributed by atoms with E-state index in [0.29, 0.717) is 29.7 Å². The van der Waals surface area contributed by atoms with Crippen LogP contribution in [-0.2, 0) is 4.79 Å². The number of hydrogen-bond donors (Lipinski definition) is 3. The van der Waals surface area contributed by atoms with E-state index >= 15 is 0 Å². The molecule has 2 aromatic carbocycles. The van der Waals surface area contributed by atoms with E-state index in [1.807, 2.05) is 30.9 Å². The lowest BCUT2D eigenvalue weighted by molar-refractivity contribution is -0.121. The second-order valence-electron chi connectivity index (χ2n) is 6.59. The molecule has 8 heteroatoms. The minimum Gasteiger partial charge on any atom is -0.508 e. The van der Waals surface area contributed by atoms with Crippen molar-refractivity contribution >= 4 is 34.7 Å². The standard InChI is InChI=1S/C21H24ClN5O2/c1-3-24-19(29)12-17-21(26-23)27(4-2)18-10-9-15(28)11-16(18)20(25-17)13-5-7-14(22)8-6-13/h5-11,17,28H,3-4,12,23H2,1-2H3,(H,24,29)/b26-21-/t17-/m0/s1. The highest BCUT2D eigenvalue weighted by Crippen LogP contribution is 2.32. The molecule has 1 aliphatic heterocycles. The molecule has 7 nitrogen and oxygen atoms in total. The van der Waals surface area contributed by atoms with Crippen molar-refractivity contribution in [1.82, 2.24) is 5.32 Å². The second kappa shape index (κ2) is 8.96. The quantitative estimate of drug-likeness (QED) is 0.518. The number of fused-ring (bicyclic) bond motifs is 1. The van der Waals surface area contributed by atoms with E-state index in [1.54, 1.807) is 30.3 Å². The van der Waals surface area contributed by atoms with E-state index in [2.05, 4.69) is 10.4 Å². The van der Waals surface area contributed by atoms with Gasteiger partial charge in [0.1, 0.15) is 11.8 Å². The maximum absolute atomic E-state index is 12.3. The number of hydrogen-bond acceptors (Lipinski definition) is 5. The van der Waals surface area contributed by atoms with E-state index in [9.17, 15) is 9.90 Å². The third-order valence-electron chi connectivity index (χ3n) is 4.70. The van der Waals surface area contributed by atoms with Crippen molar-refractivity contribution in [3.05, 3.63) is 58.6 Å². The van der Waals surface area contributed by atoms with Crippen molar-refractivity contribution in [2.75, 3.05) is 18.0 Å². The summed E-state index contributed by atoms with van der Waals surface area (Å²) in [7, 11) is 0. The Morgan fingerprint density at radius 1 is 1.28 bits per heavy atom. The highest BCUT2D eigenvalue weighted by Gasteiger charge is 2.31. The first-order valence-electron chi connectivity index (χ1n) is 9.47. The predicted molar refractivity (Wildman–Crippen MR) is 117 cm³/mol. The van der Waals surface area contributed by atoms with Crippen molar-refractivity contribution in [1.29, 1.82) is 0 Å². The van der Waals surface area contributed by atoms with Crippen LogP contribution in [0.15, 0.2) is 52.6 Å². The van der Waals surface area contributed by atoms with Crippen LogP contribution in [0.5, 0.6) is 5.75 Å². The van der Waals surface area contributed by atoms with Crippen LogP contribution in [0, 0.1) is 0 Å². The number of nitrogens with one attached hydrogen (secondary N) is 1. The van der Waals surface area contributed by atoms with Crippen molar-refractivity contribution < 1.29 is 9.90 Å². The van der Waals surface area contributed by atoms with E-state index in [-0.39, 0.29) is 18.1 Å². The SMILES string of the molecule is CCNC(=O)C[C@@H]1N=C(c2ccc(Cl)cc2)c2cc(O)ccc2N(CC)/C1=N\N. The fourth-order valence-electron chi connectivity index (χ4n) is 3.44. The number of phenols is 1. The highest BCUT2D eigenvalue weighted by atomic mass is 35.5. The van der Waals surface area contributed by atoms with Crippen LogP contribution < -0.4 is 16.1 Å². The third kappa shape index (κ3) is 4.35. The number of carbonyl (C=O) groups is 1. The summed E-state index contributed by atoms with van der Waals surface area (Å²) in [4.78, 5) is 19.1. The summed E-state index contributed by atoms with van der Waals surface area (Å²) in [6.07, 6.45) is 0.109. The van der Waals surface area contributed by atoms with Gasteiger partial charge < -0.3 is 21.2 Å². The van der Waals surface area contributed by atoms with Gasteiger partial charge in [-0.05, 0) is 44.2 Å². The van der Waals surface area contributed by atoms with E-state index in [4.69, 9.17) is 22.4 Å². The average molecular weight is 414 g/mol. The molecule has 3 rings (SSSR count). The smallest absolute Gasteiger partial charge is 0.222 e. The molecule has 2 aromatic rings. The number of aromatic hydroxyl groups is 1. The van der Waals surface area contributed by atoms with Gasteiger partial charge in [-0.1, -0.05) is 23.7 Å². The minimum absolute atomic E-state index is 0.109. The number of amides is 1. The second-order valence-corrected chi connectivity index (χ2v) is 7.03. The molecule has 0 spiro atoms. The van der Waals surface area contributed by atoms with Crippen molar-refractivity contribution in [2.24, 2.45) is 15.9 Å². The lowest BCUT2D eigenvalue weighted by atomic mass is 10.00. The minimum atomic E-state index is -0.577.